The number of anilines is 1. The van der Waals surface area contributed by atoms with Gasteiger partial charge in [0.2, 0.25) is 5.91 Å². The van der Waals surface area contributed by atoms with E-state index in [1.165, 1.54) is 0 Å². The summed E-state index contributed by atoms with van der Waals surface area (Å²) in [6.07, 6.45) is 3.83. The molecule has 9 heteroatoms. The highest BCUT2D eigenvalue weighted by Crippen LogP contribution is 2.61. The number of amides is 2. The van der Waals surface area contributed by atoms with Crippen LogP contribution in [0.5, 0.6) is 5.75 Å². The van der Waals surface area contributed by atoms with Crippen molar-refractivity contribution in [1.29, 1.82) is 5.26 Å². The molecule has 5 rings (SSSR count). The van der Waals surface area contributed by atoms with Crippen LogP contribution in [-0.2, 0) is 26.2 Å². The van der Waals surface area contributed by atoms with E-state index in [0.29, 0.717) is 68.1 Å². The summed E-state index contributed by atoms with van der Waals surface area (Å²) in [5.74, 6) is -0.749. The zero-order valence-electron chi connectivity index (χ0n) is 21.1. The molecule has 1 spiro atoms. The summed E-state index contributed by atoms with van der Waals surface area (Å²) in [5, 5.41) is 24.4. The molecule has 38 heavy (non-hydrogen) atoms. The molecule has 0 radical (unpaired) electrons. The Hall–Kier alpha value is -3.90. The van der Waals surface area contributed by atoms with Gasteiger partial charge < -0.3 is 25.2 Å². The Bertz CT molecular complexity index is 1300. The van der Waals surface area contributed by atoms with Gasteiger partial charge in [-0.25, -0.2) is 0 Å². The SMILES string of the molecule is N#Cc1ccc(CCCC(=O)O)c(NC(=O)[C@@H]2C[C@]23CCOc2ccc(C(=O)NC4CCOCC4)cc23)c1. The summed E-state index contributed by atoms with van der Waals surface area (Å²) < 4.78 is 11.3. The van der Waals surface area contributed by atoms with Crippen LogP contribution in [0.25, 0.3) is 0 Å². The number of fused-ring (bicyclic) bond motifs is 2. The van der Waals surface area contributed by atoms with Crippen LogP contribution in [0.3, 0.4) is 0 Å². The average Bonchev–Trinajstić information content (AvgIpc) is 3.64. The highest BCUT2D eigenvalue weighted by Gasteiger charge is 2.61. The summed E-state index contributed by atoms with van der Waals surface area (Å²) in [6.45, 7) is 1.78. The van der Waals surface area contributed by atoms with Crippen molar-refractivity contribution in [2.45, 2.75) is 56.4 Å². The quantitative estimate of drug-likeness (QED) is 0.487. The average molecular weight is 518 g/mol. The number of aliphatic carboxylic acids is 1. The molecule has 2 heterocycles. The van der Waals surface area contributed by atoms with Crippen molar-refractivity contribution >= 4 is 23.5 Å². The van der Waals surface area contributed by atoms with Crippen LogP contribution in [0.15, 0.2) is 36.4 Å². The Morgan fingerprint density at radius 2 is 1.92 bits per heavy atom. The third kappa shape index (κ3) is 5.36. The lowest BCUT2D eigenvalue weighted by Crippen LogP contribution is -2.39. The summed E-state index contributed by atoms with van der Waals surface area (Å²) in [5.41, 5.74) is 2.79. The minimum atomic E-state index is -0.872. The number of carbonyl (C=O) groups excluding carboxylic acids is 2. The number of nitriles is 1. The van der Waals surface area contributed by atoms with Gasteiger partial charge in [-0.15, -0.1) is 0 Å². The third-order valence-corrected chi connectivity index (χ3v) is 7.87. The molecule has 9 nitrogen and oxygen atoms in total. The second kappa shape index (κ2) is 10.8. The van der Waals surface area contributed by atoms with Crippen LogP contribution >= 0.6 is 0 Å². The van der Waals surface area contributed by atoms with Crippen molar-refractivity contribution in [1.82, 2.24) is 5.32 Å². The van der Waals surface area contributed by atoms with Crippen molar-refractivity contribution in [3.8, 4) is 11.8 Å². The Morgan fingerprint density at radius 3 is 2.68 bits per heavy atom. The van der Waals surface area contributed by atoms with E-state index < -0.39 is 11.4 Å². The predicted octanol–water partition coefficient (Wildman–Crippen LogP) is 3.55. The monoisotopic (exact) mass is 517 g/mol. The van der Waals surface area contributed by atoms with E-state index in [1.807, 2.05) is 12.1 Å². The number of carbonyl (C=O) groups is 3. The number of ether oxygens (including phenoxy) is 2. The molecule has 2 atom stereocenters. The number of aryl methyl sites for hydroxylation is 1. The molecule has 2 aromatic carbocycles. The van der Waals surface area contributed by atoms with E-state index in [4.69, 9.17) is 14.6 Å². The fourth-order valence-corrected chi connectivity index (χ4v) is 5.63. The Balaban J connectivity index is 1.32. The lowest BCUT2D eigenvalue weighted by Gasteiger charge is -2.28. The number of hydrogen-bond acceptors (Lipinski definition) is 6. The molecule has 2 amide bonds. The molecule has 0 unspecified atom stereocenters. The Morgan fingerprint density at radius 1 is 1.11 bits per heavy atom. The van der Waals surface area contributed by atoms with Gasteiger partial charge in [0.05, 0.1) is 18.2 Å². The molecule has 1 saturated carbocycles. The zero-order chi connectivity index (χ0) is 26.7. The van der Waals surface area contributed by atoms with Crippen molar-refractivity contribution in [2.75, 3.05) is 25.1 Å². The largest absolute Gasteiger partial charge is 0.493 e. The van der Waals surface area contributed by atoms with Crippen LogP contribution in [0.2, 0.25) is 0 Å². The van der Waals surface area contributed by atoms with Crippen LogP contribution in [0.4, 0.5) is 5.69 Å². The minimum Gasteiger partial charge on any atom is -0.493 e. The van der Waals surface area contributed by atoms with E-state index >= 15 is 0 Å². The summed E-state index contributed by atoms with van der Waals surface area (Å²) >= 11 is 0. The number of benzene rings is 2. The van der Waals surface area contributed by atoms with Gasteiger partial charge in [-0.3, -0.25) is 14.4 Å². The van der Waals surface area contributed by atoms with E-state index in [9.17, 15) is 19.6 Å². The van der Waals surface area contributed by atoms with Crippen molar-refractivity contribution < 1.29 is 29.0 Å². The third-order valence-electron chi connectivity index (χ3n) is 7.87. The molecule has 1 saturated heterocycles. The van der Waals surface area contributed by atoms with E-state index in [-0.39, 0.29) is 30.2 Å². The summed E-state index contributed by atoms with van der Waals surface area (Å²) in [6, 6.07) is 12.7. The molecule has 2 aromatic rings. The highest BCUT2D eigenvalue weighted by atomic mass is 16.5. The molecule has 2 fully saturated rings. The standard InChI is InChI=1S/C29H31N3O6/c30-17-18-4-5-19(2-1-3-26(33)34)24(14-18)32-28(36)23-16-29(23)10-13-38-25-7-6-20(15-22(25)29)27(35)31-21-8-11-37-12-9-21/h4-7,14-15,21,23H,1-3,8-13,16H2,(H,31,35)(H,32,36)(H,33,34)/t23-,29-/m0/s1. The maximum absolute atomic E-state index is 13.5. The predicted molar refractivity (Wildman–Crippen MR) is 138 cm³/mol. The lowest BCUT2D eigenvalue weighted by atomic mass is 9.86. The second-order valence-corrected chi connectivity index (χ2v) is 10.3. The highest BCUT2D eigenvalue weighted by molar-refractivity contribution is 5.98. The first-order chi connectivity index (χ1) is 18.4. The van der Waals surface area contributed by atoms with Crippen LogP contribution in [-0.4, -0.2) is 48.8 Å². The van der Waals surface area contributed by atoms with E-state index in [1.54, 1.807) is 24.3 Å². The Kier molecular flexibility index (Phi) is 7.34. The van der Waals surface area contributed by atoms with Crippen LogP contribution in [0, 0.1) is 17.2 Å². The molecule has 1 aliphatic carbocycles. The lowest BCUT2D eigenvalue weighted by molar-refractivity contribution is -0.137. The number of carboxylic acids is 1. The number of rotatable bonds is 8. The topological polar surface area (TPSA) is 138 Å². The molecule has 198 valence electrons. The zero-order valence-corrected chi connectivity index (χ0v) is 21.1. The summed E-state index contributed by atoms with van der Waals surface area (Å²) in [4.78, 5) is 37.4. The Labute approximate surface area is 221 Å². The van der Waals surface area contributed by atoms with Crippen LogP contribution < -0.4 is 15.4 Å². The molecular weight excluding hydrogens is 486 g/mol. The smallest absolute Gasteiger partial charge is 0.303 e. The molecular formula is C29H31N3O6. The first-order valence-corrected chi connectivity index (χ1v) is 13.1. The van der Waals surface area contributed by atoms with Gasteiger partial charge in [-0.2, -0.15) is 5.26 Å². The molecule has 2 aliphatic heterocycles. The normalized spacial score (nSPS) is 22.0. The van der Waals surface area contributed by atoms with Crippen molar-refractivity contribution in [3.63, 3.8) is 0 Å². The van der Waals surface area contributed by atoms with Gasteiger partial charge in [0.25, 0.3) is 5.91 Å². The van der Waals surface area contributed by atoms with Gasteiger partial charge in [0, 0.05) is 53.8 Å². The molecule has 3 aliphatic rings. The van der Waals surface area contributed by atoms with Crippen molar-refractivity contribution in [3.05, 3.63) is 58.7 Å². The van der Waals surface area contributed by atoms with E-state index in [2.05, 4.69) is 16.7 Å². The van der Waals surface area contributed by atoms with Gasteiger partial charge in [-0.05, 0) is 74.4 Å². The molecule has 0 bridgehead atoms. The number of carboxylic acid groups (broad SMARTS) is 1. The number of hydrogen-bond donors (Lipinski definition) is 3. The van der Waals surface area contributed by atoms with Crippen LogP contribution in [0.1, 0.15) is 65.6 Å². The fraction of sp³-hybridized carbons (Fsp3) is 0.448. The van der Waals surface area contributed by atoms with Gasteiger partial charge >= 0.3 is 5.97 Å². The molecule has 3 N–H and O–H groups in total. The summed E-state index contributed by atoms with van der Waals surface area (Å²) in [7, 11) is 0. The maximum Gasteiger partial charge on any atom is 0.303 e. The number of nitrogens with zero attached hydrogens (tertiary/aromatic N) is 1. The van der Waals surface area contributed by atoms with Gasteiger partial charge in [-0.1, -0.05) is 6.07 Å². The minimum absolute atomic E-state index is 0.0281. The number of nitrogens with one attached hydrogen (secondary N) is 2. The van der Waals surface area contributed by atoms with Gasteiger partial charge in [0.1, 0.15) is 5.75 Å². The molecule has 0 aromatic heterocycles. The van der Waals surface area contributed by atoms with Crippen molar-refractivity contribution in [2.24, 2.45) is 5.92 Å². The second-order valence-electron chi connectivity index (χ2n) is 10.3. The first kappa shape index (κ1) is 25.7. The van der Waals surface area contributed by atoms with Gasteiger partial charge in [0.15, 0.2) is 0 Å². The maximum atomic E-state index is 13.5. The first-order valence-electron chi connectivity index (χ1n) is 13.1. The van der Waals surface area contributed by atoms with E-state index in [0.717, 1.165) is 24.0 Å². The fourth-order valence-electron chi connectivity index (χ4n) is 5.63.